The summed E-state index contributed by atoms with van der Waals surface area (Å²) >= 11 is 0. The van der Waals surface area contributed by atoms with Gasteiger partial charge in [0.2, 0.25) is 0 Å². The van der Waals surface area contributed by atoms with Crippen molar-refractivity contribution in [3.8, 4) is 11.1 Å². The largest absolute Gasteiger partial charge is 0.481 e. The van der Waals surface area contributed by atoms with Crippen LogP contribution in [0.15, 0.2) is 24.3 Å². The van der Waals surface area contributed by atoms with Crippen molar-refractivity contribution in [3.63, 3.8) is 0 Å². The SMILES string of the molecule is Cc1ccc(-c2c(C)c3c(c(C)c2CC(=O)O)CN(CC2CCCCC2)C3)cc1. The Balaban J connectivity index is 1.72. The van der Waals surface area contributed by atoms with Crippen molar-refractivity contribution in [2.24, 2.45) is 5.92 Å². The molecule has 2 aliphatic rings. The van der Waals surface area contributed by atoms with E-state index in [-0.39, 0.29) is 6.42 Å². The molecule has 3 nitrogen and oxygen atoms in total. The van der Waals surface area contributed by atoms with E-state index >= 15 is 0 Å². The second-order valence-electron chi connectivity index (χ2n) is 9.17. The van der Waals surface area contributed by atoms with Crippen LogP contribution in [0.1, 0.15) is 65.5 Å². The Hall–Kier alpha value is -2.13. The van der Waals surface area contributed by atoms with Crippen LogP contribution < -0.4 is 0 Å². The van der Waals surface area contributed by atoms with Crippen LogP contribution in [0, 0.1) is 26.7 Å². The maximum absolute atomic E-state index is 11.7. The molecule has 0 bridgehead atoms. The fraction of sp³-hybridized carbons (Fsp3) is 0.500. The van der Waals surface area contributed by atoms with E-state index < -0.39 is 5.97 Å². The molecule has 1 saturated carbocycles. The van der Waals surface area contributed by atoms with Gasteiger partial charge in [0.05, 0.1) is 6.42 Å². The van der Waals surface area contributed by atoms with Crippen LogP contribution in [0.3, 0.4) is 0 Å². The Morgan fingerprint density at radius 3 is 2.21 bits per heavy atom. The van der Waals surface area contributed by atoms with Crippen LogP contribution >= 0.6 is 0 Å². The van der Waals surface area contributed by atoms with Crippen molar-refractivity contribution >= 4 is 5.97 Å². The van der Waals surface area contributed by atoms with Crippen LogP contribution in [-0.2, 0) is 24.3 Å². The van der Waals surface area contributed by atoms with Crippen LogP contribution in [-0.4, -0.2) is 22.5 Å². The predicted octanol–water partition coefficient (Wildman–Crippen LogP) is 5.80. The minimum atomic E-state index is -0.752. The zero-order valence-corrected chi connectivity index (χ0v) is 18.1. The molecule has 1 aliphatic heterocycles. The third kappa shape index (κ3) is 4.11. The lowest BCUT2D eigenvalue weighted by Gasteiger charge is -2.26. The van der Waals surface area contributed by atoms with Crippen LogP contribution in [0.4, 0.5) is 0 Å². The number of aryl methyl sites for hydroxylation is 1. The molecule has 1 fully saturated rings. The summed E-state index contributed by atoms with van der Waals surface area (Å²) in [6, 6.07) is 8.53. The summed E-state index contributed by atoms with van der Waals surface area (Å²) in [5.41, 5.74) is 9.78. The van der Waals surface area contributed by atoms with Gasteiger partial charge in [-0.1, -0.05) is 49.1 Å². The first kappa shape index (κ1) is 20.2. The topological polar surface area (TPSA) is 40.5 Å². The summed E-state index contributed by atoms with van der Waals surface area (Å²) < 4.78 is 0. The fourth-order valence-electron chi connectivity index (χ4n) is 5.48. The number of benzene rings is 2. The zero-order chi connectivity index (χ0) is 20.5. The monoisotopic (exact) mass is 391 g/mol. The Morgan fingerprint density at radius 1 is 0.966 bits per heavy atom. The lowest BCUT2D eigenvalue weighted by atomic mass is 9.84. The van der Waals surface area contributed by atoms with Crippen molar-refractivity contribution in [1.29, 1.82) is 0 Å². The molecule has 0 spiro atoms. The summed E-state index contributed by atoms with van der Waals surface area (Å²) in [6.45, 7) is 9.58. The van der Waals surface area contributed by atoms with Crippen molar-refractivity contribution in [2.45, 2.75) is 72.4 Å². The maximum Gasteiger partial charge on any atom is 0.307 e. The molecule has 1 heterocycles. The second kappa shape index (κ2) is 8.31. The van der Waals surface area contributed by atoms with Crippen molar-refractivity contribution < 1.29 is 9.90 Å². The third-order valence-electron chi connectivity index (χ3n) is 7.07. The van der Waals surface area contributed by atoms with E-state index in [9.17, 15) is 9.90 Å². The maximum atomic E-state index is 11.7. The molecule has 4 rings (SSSR count). The second-order valence-corrected chi connectivity index (χ2v) is 9.17. The average molecular weight is 392 g/mol. The Labute approximate surface area is 174 Å². The van der Waals surface area contributed by atoms with E-state index in [4.69, 9.17) is 0 Å². The van der Waals surface area contributed by atoms with Gasteiger partial charge in [0.15, 0.2) is 0 Å². The highest BCUT2D eigenvalue weighted by Crippen LogP contribution is 2.40. The number of hydrogen-bond donors (Lipinski definition) is 1. The molecule has 0 unspecified atom stereocenters. The van der Waals surface area contributed by atoms with Gasteiger partial charge in [0.25, 0.3) is 0 Å². The summed E-state index contributed by atoms with van der Waals surface area (Å²) in [6.07, 6.45) is 6.97. The first-order valence-corrected chi connectivity index (χ1v) is 11.1. The van der Waals surface area contributed by atoms with Crippen molar-refractivity contribution in [3.05, 3.63) is 57.6 Å². The zero-order valence-electron chi connectivity index (χ0n) is 18.1. The first-order chi connectivity index (χ1) is 13.9. The number of nitrogens with zero attached hydrogens (tertiary/aromatic N) is 1. The highest BCUT2D eigenvalue weighted by Gasteiger charge is 2.29. The molecule has 0 radical (unpaired) electrons. The third-order valence-corrected chi connectivity index (χ3v) is 7.07. The van der Waals surface area contributed by atoms with E-state index in [1.807, 2.05) is 0 Å². The molecule has 1 N–H and O–H groups in total. The first-order valence-electron chi connectivity index (χ1n) is 11.1. The van der Waals surface area contributed by atoms with Gasteiger partial charge < -0.3 is 5.11 Å². The van der Waals surface area contributed by atoms with Gasteiger partial charge in [0.1, 0.15) is 0 Å². The van der Waals surface area contributed by atoms with E-state index in [1.54, 1.807) is 0 Å². The summed E-state index contributed by atoms with van der Waals surface area (Å²) in [4.78, 5) is 14.3. The van der Waals surface area contributed by atoms with Crippen LogP contribution in [0.2, 0.25) is 0 Å². The van der Waals surface area contributed by atoms with Crippen LogP contribution in [0.5, 0.6) is 0 Å². The molecule has 154 valence electrons. The van der Waals surface area contributed by atoms with Gasteiger partial charge in [-0.25, -0.2) is 0 Å². The van der Waals surface area contributed by atoms with Crippen molar-refractivity contribution in [2.75, 3.05) is 6.54 Å². The number of carbonyl (C=O) groups is 1. The number of hydrogen-bond acceptors (Lipinski definition) is 2. The Bertz CT molecular complexity index is 908. The van der Waals surface area contributed by atoms with E-state index in [0.29, 0.717) is 0 Å². The minimum absolute atomic E-state index is 0.0891. The molecule has 2 aromatic rings. The predicted molar refractivity (Wildman–Crippen MR) is 118 cm³/mol. The molecule has 0 aromatic heterocycles. The van der Waals surface area contributed by atoms with Gasteiger partial charge in [-0.3, -0.25) is 9.69 Å². The molecule has 0 atom stereocenters. The highest BCUT2D eigenvalue weighted by atomic mass is 16.4. The smallest absolute Gasteiger partial charge is 0.307 e. The van der Waals surface area contributed by atoms with E-state index in [2.05, 4.69) is 49.9 Å². The Kier molecular flexibility index (Phi) is 5.78. The summed E-state index contributed by atoms with van der Waals surface area (Å²) in [5, 5.41) is 9.60. The van der Waals surface area contributed by atoms with Gasteiger partial charge in [-0.2, -0.15) is 0 Å². The van der Waals surface area contributed by atoms with E-state index in [0.717, 1.165) is 35.7 Å². The summed E-state index contributed by atoms with van der Waals surface area (Å²) in [7, 11) is 0. The van der Waals surface area contributed by atoms with Gasteiger partial charge in [0, 0.05) is 19.6 Å². The summed E-state index contributed by atoms with van der Waals surface area (Å²) in [5.74, 6) is 0.0756. The molecule has 0 saturated heterocycles. The molecular formula is C26H33NO2. The minimum Gasteiger partial charge on any atom is -0.481 e. The van der Waals surface area contributed by atoms with Crippen molar-refractivity contribution in [1.82, 2.24) is 4.90 Å². The lowest BCUT2D eigenvalue weighted by molar-refractivity contribution is -0.136. The molecule has 29 heavy (non-hydrogen) atoms. The number of fused-ring (bicyclic) bond motifs is 1. The van der Waals surface area contributed by atoms with E-state index in [1.165, 1.54) is 66.5 Å². The lowest BCUT2D eigenvalue weighted by Crippen LogP contribution is -2.26. The number of rotatable bonds is 5. The normalized spacial score (nSPS) is 17.5. The average Bonchev–Trinajstić information content (AvgIpc) is 3.12. The van der Waals surface area contributed by atoms with Gasteiger partial charge in [-0.15, -0.1) is 0 Å². The molecule has 1 aliphatic carbocycles. The quantitative estimate of drug-likeness (QED) is 0.700. The fourth-order valence-corrected chi connectivity index (χ4v) is 5.48. The highest BCUT2D eigenvalue weighted by molar-refractivity contribution is 5.81. The molecular weight excluding hydrogens is 358 g/mol. The van der Waals surface area contributed by atoms with Gasteiger partial charge >= 0.3 is 5.97 Å². The number of carboxylic acids is 1. The number of carboxylic acid groups (broad SMARTS) is 1. The molecule has 2 aromatic carbocycles. The van der Waals surface area contributed by atoms with Gasteiger partial charge in [-0.05, 0) is 78.5 Å². The molecule has 0 amide bonds. The standard InChI is InChI=1S/C26H33NO2/c1-17-9-11-21(12-10-17)26-19(3)24-16-27(14-20-7-5-4-6-8-20)15-23(24)18(2)22(26)13-25(28)29/h9-12,20H,4-8,13-16H2,1-3H3,(H,28,29). The Morgan fingerprint density at radius 2 is 1.59 bits per heavy atom. The number of aliphatic carboxylic acids is 1. The molecule has 3 heteroatoms. The van der Waals surface area contributed by atoms with Crippen LogP contribution in [0.25, 0.3) is 11.1 Å².